The highest BCUT2D eigenvalue weighted by Gasteiger charge is 2.26. The summed E-state index contributed by atoms with van der Waals surface area (Å²) in [7, 11) is 0. The third kappa shape index (κ3) is 3.85. The Balaban J connectivity index is 3.19. The van der Waals surface area contributed by atoms with Crippen molar-refractivity contribution in [3.8, 4) is 0 Å². The Hall–Kier alpha value is -1.30. The van der Waals surface area contributed by atoms with Crippen molar-refractivity contribution < 1.29 is 19.1 Å². The molecule has 0 atom stereocenters. The van der Waals surface area contributed by atoms with Crippen molar-refractivity contribution >= 4 is 28.0 Å². The van der Waals surface area contributed by atoms with Crippen LogP contribution in [0.1, 0.15) is 50.7 Å². The minimum Gasteiger partial charge on any atom is -0.462 e. The van der Waals surface area contributed by atoms with E-state index in [0.717, 1.165) is 0 Å². The Morgan fingerprint density at radius 3 is 2.35 bits per heavy atom. The maximum Gasteiger partial charge on any atom is 0.419 e. The summed E-state index contributed by atoms with van der Waals surface area (Å²) < 4.78 is 12.0. The van der Waals surface area contributed by atoms with Crippen molar-refractivity contribution in [2.24, 2.45) is 0 Å². The summed E-state index contributed by atoms with van der Waals surface area (Å²) in [5.74, 6) is -0.462. The molecular formula is C14H20BrNO4. The standard InChI is InChI=1S/C14H20BrNO4/c1-6-9-8-10(12(17)19-7-2)11(15)16(9)13(18)20-14(3,4)5/h8H,6-7H2,1-5H3. The van der Waals surface area contributed by atoms with E-state index in [4.69, 9.17) is 9.47 Å². The molecule has 6 heteroatoms. The molecule has 0 saturated carbocycles. The molecule has 20 heavy (non-hydrogen) atoms. The molecule has 0 spiro atoms. The van der Waals surface area contributed by atoms with E-state index in [1.54, 1.807) is 33.8 Å². The predicted molar refractivity (Wildman–Crippen MR) is 79.1 cm³/mol. The average Bonchev–Trinajstić information content (AvgIpc) is 2.64. The number of hydrogen-bond acceptors (Lipinski definition) is 4. The van der Waals surface area contributed by atoms with Crippen molar-refractivity contribution in [3.05, 3.63) is 21.9 Å². The zero-order valence-corrected chi connectivity index (χ0v) is 14.0. The van der Waals surface area contributed by atoms with E-state index in [1.807, 2.05) is 6.92 Å². The van der Waals surface area contributed by atoms with E-state index in [1.165, 1.54) is 4.57 Å². The highest BCUT2D eigenvalue weighted by Crippen LogP contribution is 2.25. The van der Waals surface area contributed by atoms with Crippen molar-refractivity contribution in [2.45, 2.75) is 46.6 Å². The van der Waals surface area contributed by atoms with Crippen LogP contribution >= 0.6 is 15.9 Å². The lowest BCUT2D eigenvalue weighted by atomic mass is 10.2. The van der Waals surface area contributed by atoms with Gasteiger partial charge in [-0.15, -0.1) is 0 Å². The van der Waals surface area contributed by atoms with E-state index < -0.39 is 17.7 Å². The Morgan fingerprint density at radius 2 is 1.90 bits per heavy atom. The van der Waals surface area contributed by atoms with Crippen LogP contribution in [0.25, 0.3) is 0 Å². The zero-order valence-electron chi connectivity index (χ0n) is 12.4. The summed E-state index contributed by atoms with van der Waals surface area (Å²) in [5, 5.41) is 0. The lowest BCUT2D eigenvalue weighted by Gasteiger charge is -2.20. The number of aryl methyl sites for hydroxylation is 1. The summed E-state index contributed by atoms with van der Waals surface area (Å²) in [6.45, 7) is 9.29. The first-order valence-electron chi connectivity index (χ1n) is 6.51. The molecule has 0 aromatic carbocycles. The third-order valence-corrected chi connectivity index (χ3v) is 3.23. The quantitative estimate of drug-likeness (QED) is 0.782. The minimum absolute atomic E-state index is 0.282. The molecule has 0 fully saturated rings. The average molecular weight is 346 g/mol. The van der Waals surface area contributed by atoms with Gasteiger partial charge >= 0.3 is 12.1 Å². The van der Waals surface area contributed by atoms with Gasteiger partial charge in [0.2, 0.25) is 0 Å². The predicted octanol–water partition coefficient (Wildman–Crippen LogP) is 3.77. The molecule has 0 amide bonds. The minimum atomic E-state index is -0.601. The summed E-state index contributed by atoms with van der Waals surface area (Å²) >= 11 is 3.28. The van der Waals surface area contributed by atoms with Gasteiger partial charge in [0.1, 0.15) is 10.2 Å². The summed E-state index contributed by atoms with van der Waals surface area (Å²) in [6.07, 6.45) is 0.0776. The molecule has 5 nitrogen and oxygen atoms in total. The van der Waals surface area contributed by atoms with E-state index in [0.29, 0.717) is 22.3 Å². The van der Waals surface area contributed by atoms with E-state index in [-0.39, 0.29) is 6.61 Å². The first kappa shape index (κ1) is 16.8. The number of aromatic nitrogens is 1. The lowest BCUT2D eigenvalue weighted by Crippen LogP contribution is -2.28. The van der Waals surface area contributed by atoms with Crippen molar-refractivity contribution in [1.29, 1.82) is 0 Å². The highest BCUT2D eigenvalue weighted by molar-refractivity contribution is 9.10. The lowest BCUT2D eigenvalue weighted by molar-refractivity contribution is 0.0522. The fourth-order valence-electron chi connectivity index (χ4n) is 1.65. The molecule has 112 valence electrons. The SMILES string of the molecule is CCOC(=O)c1cc(CC)n(C(=O)OC(C)(C)C)c1Br. The van der Waals surface area contributed by atoms with Gasteiger partial charge in [0.05, 0.1) is 12.2 Å². The Labute approximate surface area is 127 Å². The van der Waals surface area contributed by atoms with Gasteiger partial charge < -0.3 is 9.47 Å². The van der Waals surface area contributed by atoms with E-state index in [9.17, 15) is 9.59 Å². The molecule has 1 heterocycles. The van der Waals surface area contributed by atoms with Crippen LogP contribution < -0.4 is 0 Å². The zero-order chi connectivity index (χ0) is 15.5. The summed E-state index contributed by atoms with van der Waals surface area (Å²) in [6, 6.07) is 1.64. The highest BCUT2D eigenvalue weighted by atomic mass is 79.9. The van der Waals surface area contributed by atoms with Gasteiger partial charge in [-0.3, -0.25) is 0 Å². The first-order chi connectivity index (χ1) is 9.21. The number of carbonyl (C=O) groups is 2. The van der Waals surface area contributed by atoms with Crippen LogP contribution in [0.15, 0.2) is 10.7 Å². The molecule has 1 aromatic rings. The summed E-state index contributed by atoms with van der Waals surface area (Å²) in [4.78, 5) is 24.1. The fraction of sp³-hybridized carbons (Fsp3) is 0.571. The van der Waals surface area contributed by atoms with Gasteiger partial charge in [-0.2, -0.15) is 0 Å². The van der Waals surface area contributed by atoms with Crippen molar-refractivity contribution in [2.75, 3.05) is 6.61 Å². The number of ether oxygens (including phenoxy) is 2. The van der Waals surface area contributed by atoms with Gasteiger partial charge in [-0.25, -0.2) is 14.2 Å². The van der Waals surface area contributed by atoms with Gasteiger partial charge in [-0.05, 0) is 56.1 Å². The summed E-state index contributed by atoms with van der Waals surface area (Å²) in [5.41, 5.74) is 0.416. The van der Waals surface area contributed by atoms with E-state index in [2.05, 4.69) is 15.9 Å². The number of carbonyl (C=O) groups excluding carboxylic acids is 2. The molecule has 0 N–H and O–H groups in total. The maximum absolute atomic E-state index is 12.2. The first-order valence-corrected chi connectivity index (χ1v) is 7.31. The van der Waals surface area contributed by atoms with Crippen LogP contribution in [0, 0.1) is 0 Å². The molecule has 0 bridgehead atoms. The molecule has 1 aromatic heterocycles. The maximum atomic E-state index is 12.2. The van der Waals surface area contributed by atoms with Crippen LogP contribution in [0.3, 0.4) is 0 Å². The number of halogens is 1. The second-order valence-corrected chi connectivity index (χ2v) is 5.98. The number of nitrogens with zero attached hydrogens (tertiary/aromatic N) is 1. The second-order valence-electron chi connectivity index (χ2n) is 5.23. The molecule has 0 aliphatic carbocycles. The molecule has 1 rings (SSSR count). The largest absolute Gasteiger partial charge is 0.462 e. The molecule has 0 radical (unpaired) electrons. The molecule has 0 saturated heterocycles. The topological polar surface area (TPSA) is 57.5 Å². The van der Waals surface area contributed by atoms with Crippen LogP contribution in [0.5, 0.6) is 0 Å². The van der Waals surface area contributed by atoms with Gasteiger partial charge in [-0.1, -0.05) is 6.92 Å². The van der Waals surface area contributed by atoms with Gasteiger partial charge in [0.25, 0.3) is 0 Å². The Morgan fingerprint density at radius 1 is 1.30 bits per heavy atom. The van der Waals surface area contributed by atoms with Crippen LogP contribution in [-0.4, -0.2) is 28.8 Å². The van der Waals surface area contributed by atoms with E-state index >= 15 is 0 Å². The molecule has 0 aliphatic rings. The van der Waals surface area contributed by atoms with Crippen LogP contribution in [-0.2, 0) is 15.9 Å². The Kier molecular flexibility index (Phi) is 5.39. The molecular weight excluding hydrogens is 326 g/mol. The fourth-order valence-corrected chi connectivity index (χ4v) is 2.30. The number of hydrogen-bond donors (Lipinski definition) is 0. The third-order valence-electron chi connectivity index (χ3n) is 2.45. The molecule has 0 aliphatic heterocycles. The normalized spacial score (nSPS) is 11.3. The Bertz CT molecular complexity index is 514. The monoisotopic (exact) mass is 345 g/mol. The van der Waals surface area contributed by atoms with Crippen molar-refractivity contribution in [1.82, 2.24) is 4.57 Å². The smallest absolute Gasteiger partial charge is 0.419 e. The van der Waals surface area contributed by atoms with Crippen LogP contribution in [0.4, 0.5) is 4.79 Å². The van der Waals surface area contributed by atoms with Crippen LogP contribution in [0.2, 0.25) is 0 Å². The van der Waals surface area contributed by atoms with Gasteiger partial charge in [0, 0.05) is 5.69 Å². The van der Waals surface area contributed by atoms with Crippen molar-refractivity contribution in [3.63, 3.8) is 0 Å². The number of esters is 1. The van der Waals surface area contributed by atoms with Gasteiger partial charge in [0.15, 0.2) is 0 Å². The number of rotatable bonds is 3. The second kappa shape index (κ2) is 6.43. The molecule has 0 unspecified atom stereocenters.